The standard InChI is InChI=1S/C21H22F2N4O5S/c1-13(28)24-11-15-12-26(21(30)32-15)14-9-16(22)19(17(23)10-14)25-4-5-27(31-7-6-25)20(29)18-3-2-8-33-18/h2-3,8-10,15H,4-7,11-12H2,1H3,(H,24,28)/t15-/m0/s1. The van der Waals surface area contributed by atoms with Crippen molar-refractivity contribution in [2.45, 2.75) is 13.0 Å². The second kappa shape index (κ2) is 9.71. The Morgan fingerprint density at radius 3 is 2.64 bits per heavy atom. The average molecular weight is 480 g/mol. The molecule has 1 aromatic heterocycles. The third-order valence-corrected chi connectivity index (χ3v) is 6.08. The van der Waals surface area contributed by atoms with E-state index in [1.807, 2.05) is 0 Å². The Bertz CT molecular complexity index is 1030. The smallest absolute Gasteiger partial charge is 0.414 e. The summed E-state index contributed by atoms with van der Waals surface area (Å²) in [5.74, 6) is -2.27. The minimum atomic E-state index is -0.846. The monoisotopic (exact) mass is 480 g/mol. The molecule has 0 saturated carbocycles. The molecule has 4 rings (SSSR count). The van der Waals surface area contributed by atoms with Crippen molar-refractivity contribution in [2.24, 2.45) is 0 Å². The van der Waals surface area contributed by atoms with Gasteiger partial charge in [0.15, 0.2) is 11.6 Å². The Balaban J connectivity index is 1.46. The maximum atomic E-state index is 15.0. The van der Waals surface area contributed by atoms with Gasteiger partial charge in [-0.2, -0.15) is 0 Å². The molecule has 1 aromatic carbocycles. The molecule has 12 heteroatoms. The number of anilines is 2. The third-order valence-electron chi connectivity index (χ3n) is 5.22. The van der Waals surface area contributed by atoms with Gasteiger partial charge in [0.25, 0.3) is 5.91 Å². The van der Waals surface area contributed by atoms with Crippen LogP contribution in [0.2, 0.25) is 0 Å². The number of hydrogen-bond acceptors (Lipinski definition) is 7. The van der Waals surface area contributed by atoms with Gasteiger partial charge in [-0.05, 0) is 11.4 Å². The maximum Gasteiger partial charge on any atom is 0.414 e. The molecule has 33 heavy (non-hydrogen) atoms. The molecule has 0 spiro atoms. The minimum Gasteiger partial charge on any atom is -0.442 e. The van der Waals surface area contributed by atoms with Gasteiger partial charge in [-0.25, -0.2) is 18.6 Å². The Hall–Kier alpha value is -3.25. The summed E-state index contributed by atoms with van der Waals surface area (Å²) in [6.07, 6.45) is -1.37. The van der Waals surface area contributed by atoms with Crippen LogP contribution in [0, 0.1) is 11.6 Å². The van der Waals surface area contributed by atoms with E-state index >= 15 is 8.78 Å². The van der Waals surface area contributed by atoms with Crippen LogP contribution in [0.25, 0.3) is 0 Å². The molecule has 3 amide bonds. The van der Waals surface area contributed by atoms with Crippen molar-refractivity contribution in [3.63, 3.8) is 0 Å². The number of halogens is 2. The van der Waals surface area contributed by atoms with Gasteiger partial charge in [0.05, 0.1) is 36.8 Å². The van der Waals surface area contributed by atoms with Crippen molar-refractivity contribution >= 4 is 40.6 Å². The van der Waals surface area contributed by atoms with Crippen molar-refractivity contribution in [3.8, 4) is 0 Å². The lowest BCUT2D eigenvalue weighted by Crippen LogP contribution is -2.34. The van der Waals surface area contributed by atoms with Crippen LogP contribution < -0.4 is 15.1 Å². The highest BCUT2D eigenvalue weighted by Crippen LogP contribution is 2.31. The van der Waals surface area contributed by atoms with E-state index in [9.17, 15) is 14.4 Å². The number of cyclic esters (lactones) is 1. The van der Waals surface area contributed by atoms with Gasteiger partial charge in [0.2, 0.25) is 5.91 Å². The molecule has 2 saturated heterocycles. The number of ether oxygens (including phenoxy) is 1. The second-order valence-electron chi connectivity index (χ2n) is 7.52. The van der Waals surface area contributed by atoms with Crippen LogP contribution in [-0.2, 0) is 14.4 Å². The summed E-state index contributed by atoms with van der Waals surface area (Å²) in [6.45, 7) is 2.02. The van der Waals surface area contributed by atoms with E-state index in [-0.39, 0.29) is 62.5 Å². The normalized spacial score (nSPS) is 18.8. The van der Waals surface area contributed by atoms with Crippen molar-refractivity contribution in [1.29, 1.82) is 0 Å². The Morgan fingerprint density at radius 2 is 1.97 bits per heavy atom. The number of rotatable bonds is 5. The fourth-order valence-corrected chi connectivity index (χ4v) is 4.33. The van der Waals surface area contributed by atoms with Crippen molar-refractivity contribution in [3.05, 3.63) is 46.2 Å². The molecular formula is C21H22F2N4O5S. The Kier molecular flexibility index (Phi) is 6.75. The Labute approximate surface area is 192 Å². The lowest BCUT2D eigenvalue weighted by molar-refractivity contribution is -0.119. The molecule has 0 aliphatic carbocycles. The molecule has 0 bridgehead atoms. The lowest BCUT2D eigenvalue weighted by atomic mass is 10.2. The number of carbonyl (C=O) groups is 3. The van der Waals surface area contributed by atoms with Gasteiger partial charge < -0.3 is 15.0 Å². The summed E-state index contributed by atoms with van der Waals surface area (Å²) in [6, 6.07) is 5.58. The first kappa shape index (κ1) is 22.9. The predicted octanol–water partition coefficient (Wildman–Crippen LogP) is 2.38. The number of nitrogens with zero attached hydrogens (tertiary/aromatic N) is 3. The van der Waals surface area contributed by atoms with E-state index < -0.39 is 23.8 Å². The molecule has 0 radical (unpaired) electrons. The molecule has 176 valence electrons. The van der Waals surface area contributed by atoms with E-state index in [0.717, 1.165) is 17.0 Å². The van der Waals surface area contributed by atoms with E-state index in [4.69, 9.17) is 9.57 Å². The average Bonchev–Trinajstić information content (AvgIpc) is 3.36. The first-order chi connectivity index (χ1) is 15.8. The van der Waals surface area contributed by atoms with Gasteiger partial charge >= 0.3 is 6.09 Å². The number of nitrogens with one attached hydrogen (secondary N) is 1. The van der Waals surface area contributed by atoms with Crippen LogP contribution in [0.4, 0.5) is 25.0 Å². The summed E-state index contributed by atoms with van der Waals surface area (Å²) in [4.78, 5) is 44.3. The van der Waals surface area contributed by atoms with Gasteiger partial charge in [-0.15, -0.1) is 11.3 Å². The number of thiophene rings is 1. The third kappa shape index (κ3) is 5.06. The van der Waals surface area contributed by atoms with Crippen LogP contribution in [0.1, 0.15) is 16.6 Å². The summed E-state index contributed by atoms with van der Waals surface area (Å²) in [7, 11) is 0. The zero-order valence-corrected chi connectivity index (χ0v) is 18.6. The highest BCUT2D eigenvalue weighted by Gasteiger charge is 2.34. The van der Waals surface area contributed by atoms with Gasteiger partial charge in [-0.1, -0.05) is 6.07 Å². The Morgan fingerprint density at radius 1 is 1.21 bits per heavy atom. The minimum absolute atomic E-state index is 0.0182. The summed E-state index contributed by atoms with van der Waals surface area (Å²) in [5.41, 5.74) is -0.236. The zero-order valence-electron chi connectivity index (χ0n) is 17.8. The molecule has 3 heterocycles. The summed E-state index contributed by atoms with van der Waals surface area (Å²) < 4.78 is 35.2. The zero-order chi connectivity index (χ0) is 23.5. The fourth-order valence-electron chi connectivity index (χ4n) is 3.66. The van der Waals surface area contributed by atoms with Crippen LogP contribution in [0.5, 0.6) is 0 Å². The molecule has 9 nitrogen and oxygen atoms in total. The molecule has 2 aliphatic rings. The second-order valence-corrected chi connectivity index (χ2v) is 8.46. The van der Waals surface area contributed by atoms with Crippen molar-refractivity contribution < 1.29 is 32.7 Å². The highest BCUT2D eigenvalue weighted by atomic mass is 32.1. The fraction of sp³-hybridized carbons (Fsp3) is 0.381. The maximum absolute atomic E-state index is 15.0. The molecule has 1 atom stereocenters. The van der Waals surface area contributed by atoms with E-state index in [1.165, 1.54) is 28.2 Å². The van der Waals surface area contributed by atoms with Crippen molar-refractivity contribution in [1.82, 2.24) is 10.4 Å². The topological polar surface area (TPSA) is 91.4 Å². The van der Waals surface area contributed by atoms with Crippen LogP contribution in [-0.4, -0.2) is 68.4 Å². The molecule has 2 aliphatic heterocycles. The van der Waals surface area contributed by atoms with E-state index in [1.54, 1.807) is 17.5 Å². The molecule has 2 aromatic rings. The van der Waals surface area contributed by atoms with E-state index in [0.29, 0.717) is 4.88 Å². The predicted molar refractivity (Wildman–Crippen MR) is 116 cm³/mol. The summed E-state index contributed by atoms with van der Waals surface area (Å²) in [5, 5.41) is 5.52. The highest BCUT2D eigenvalue weighted by molar-refractivity contribution is 7.12. The first-order valence-electron chi connectivity index (χ1n) is 10.3. The number of hydrogen-bond donors (Lipinski definition) is 1. The number of benzene rings is 1. The van der Waals surface area contributed by atoms with E-state index in [2.05, 4.69) is 5.32 Å². The molecule has 0 unspecified atom stereocenters. The van der Waals surface area contributed by atoms with Crippen LogP contribution >= 0.6 is 11.3 Å². The molecule has 1 N–H and O–H groups in total. The van der Waals surface area contributed by atoms with Crippen LogP contribution in [0.3, 0.4) is 0 Å². The van der Waals surface area contributed by atoms with Gasteiger partial charge in [0, 0.05) is 32.1 Å². The SMILES string of the molecule is CC(=O)NC[C@H]1CN(c2cc(F)c(N3CCON(C(=O)c4cccs4)CC3)c(F)c2)C(=O)O1. The van der Waals surface area contributed by atoms with Gasteiger partial charge in [-0.3, -0.25) is 19.3 Å². The molecular weight excluding hydrogens is 458 g/mol. The largest absolute Gasteiger partial charge is 0.442 e. The first-order valence-corrected chi connectivity index (χ1v) is 11.2. The van der Waals surface area contributed by atoms with Crippen molar-refractivity contribution in [2.75, 3.05) is 49.1 Å². The lowest BCUT2D eigenvalue weighted by Gasteiger charge is -2.24. The number of amides is 3. The quantitative estimate of drug-likeness (QED) is 0.707. The van der Waals surface area contributed by atoms with Crippen LogP contribution in [0.15, 0.2) is 29.6 Å². The summed E-state index contributed by atoms with van der Waals surface area (Å²) >= 11 is 1.28. The van der Waals surface area contributed by atoms with Gasteiger partial charge in [0.1, 0.15) is 11.8 Å². The number of hydroxylamine groups is 2. The molecule has 2 fully saturated rings. The number of carbonyl (C=O) groups excluding carboxylic acids is 3.